The fourth-order valence-corrected chi connectivity index (χ4v) is 4.15. The number of thioether (sulfide) groups is 1. The summed E-state index contributed by atoms with van der Waals surface area (Å²) in [7, 11) is 0. The Bertz CT molecular complexity index is 1340. The molecule has 0 aromatic heterocycles. The summed E-state index contributed by atoms with van der Waals surface area (Å²) in [6.45, 7) is -0.723. The van der Waals surface area contributed by atoms with Gasteiger partial charge in [0.05, 0.1) is 22.5 Å². The van der Waals surface area contributed by atoms with Crippen LogP contribution < -0.4 is 11.1 Å². The fourth-order valence-electron chi connectivity index (χ4n) is 3.55. The van der Waals surface area contributed by atoms with E-state index in [4.69, 9.17) is 10.5 Å². The minimum absolute atomic E-state index is 0.0728. The van der Waals surface area contributed by atoms with E-state index < -0.39 is 35.8 Å². The number of benzene rings is 3. The Balaban J connectivity index is 1.49. The first-order valence-electron chi connectivity index (χ1n) is 9.89. The first kappa shape index (κ1) is 23.1. The molecule has 0 unspecified atom stereocenters. The summed E-state index contributed by atoms with van der Waals surface area (Å²) in [4.78, 5) is 50.6. The topological polar surface area (TPSA) is 116 Å². The monoisotopic (exact) mass is 482 g/mol. The average molecular weight is 482 g/mol. The van der Waals surface area contributed by atoms with Gasteiger partial charge in [-0.3, -0.25) is 14.4 Å². The second-order valence-electron chi connectivity index (χ2n) is 7.15. The molecule has 3 aromatic carbocycles. The largest absolute Gasteiger partial charge is 0.452 e. The number of esters is 1. The molecule has 0 bridgehead atoms. The summed E-state index contributed by atoms with van der Waals surface area (Å²) in [5.74, 6) is -5.30. The van der Waals surface area contributed by atoms with Gasteiger partial charge in [0.1, 0.15) is 0 Å². The number of ketones is 2. The molecule has 1 amide bonds. The van der Waals surface area contributed by atoms with E-state index in [9.17, 15) is 28.0 Å². The van der Waals surface area contributed by atoms with Crippen molar-refractivity contribution >= 4 is 46.6 Å². The van der Waals surface area contributed by atoms with Crippen molar-refractivity contribution in [2.75, 3.05) is 17.7 Å². The standard InChI is InChI=1S/C24H16F2N2O5S/c25-24(26)34-17-8-4-3-7-16(17)28-18(29)11-33-23(32)15-10-9-14-19(20(15)27)22(31)13-6-2-1-5-12(13)21(14)30/h1-10,24H,11,27H2,(H,28,29). The lowest BCUT2D eigenvalue weighted by atomic mass is 9.82. The minimum Gasteiger partial charge on any atom is -0.452 e. The van der Waals surface area contributed by atoms with Gasteiger partial charge in [-0.15, -0.1) is 0 Å². The maximum Gasteiger partial charge on any atom is 0.340 e. The molecule has 0 fully saturated rings. The van der Waals surface area contributed by atoms with Gasteiger partial charge in [-0.25, -0.2) is 4.79 Å². The lowest BCUT2D eigenvalue weighted by Crippen LogP contribution is -2.25. The number of amides is 1. The van der Waals surface area contributed by atoms with Crippen LogP contribution in [-0.4, -0.2) is 35.8 Å². The van der Waals surface area contributed by atoms with Crippen LogP contribution in [0.3, 0.4) is 0 Å². The van der Waals surface area contributed by atoms with Gasteiger partial charge in [0.25, 0.3) is 11.7 Å². The van der Waals surface area contributed by atoms with E-state index in [0.29, 0.717) is 0 Å². The van der Waals surface area contributed by atoms with E-state index in [1.54, 1.807) is 24.3 Å². The van der Waals surface area contributed by atoms with E-state index in [1.807, 2.05) is 0 Å². The molecule has 4 rings (SSSR count). The summed E-state index contributed by atoms with van der Waals surface area (Å²) in [6.07, 6.45) is 0. The number of nitrogen functional groups attached to an aromatic ring is 1. The number of fused-ring (bicyclic) bond motifs is 2. The number of alkyl halides is 2. The van der Waals surface area contributed by atoms with Gasteiger partial charge >= 0.3 is 5.97 Å². The highest BCUT2D eigenvalue weighted by atomic mass is 32.2. The molecule has 0 atom stereocenters. The molecular formula is C24H16F2N2O5S. The van der Waals surface area contributed by atoms with Crippen molar-refractivity contribution in [3.63, 3.8) is 0 Å². The Morgan fingerprint density at radius 1 is 0.912 bits per heavy atom. The third-order valence-corrected chi connectivity index (χ3v) is 5.85. The summed E-state index contributed by atoms with van der Waals surface area (Å²) in [6, 6.07) is 14.8. The Kier molecular flexibility index (Phi) is 6.42. The van der Waals surface area contributed by atoms with Crippen LogP contribution in [0.4, 0.5) is 20.2 Å². The molecule has 3 aromatic rings. The molecule has 1 aliphatic rings. The number of rotatable bonds is 6. The number of halogens is 2. The number of carbonyl (C=O) groups excluding carboxylic acids is 4. The first-order chi connectivity index (χ1) is 16.3. The second kappa shape index (κ2) is 9.44. The van der Waals surface area contributed by atoms with Gasteiger partial charge < -0.3 is 15.8 Å². The van der Waals surface area contributed by atoms with Crippen LogP contribution >= 0.6 is 11.8 Å². The van der Waals surface area contributed by atoms with Crippen LogP contribution in [0.1, 0.15) is 42.2 Å². The number of para-hydroxylation sites is 1. The molecule has 34 heavy (non-hydrogen) atoms. The highest BCUT2D eigenvalue weighted by Crippen LogP contribution is 2.33. The predicted octanol–water partition coefficient (Wildman–Crippen LogP) is 4.15. The van der Waals surface area contributed by atoms with Crippen LogP contribution in [0, 0.1) is 0 Å². The Morgan fingerprint density at radius 3 is 2.26 bits per heavy atom. The molecule has 0 saturated heterocycles. The van der Waals surface area contributed by atoms with Gasteiger partial charge in [-0.1, -0.05) is 48.2 Å². The number of carbonyl (C=O) groups is 4. The number of hydrogen-bond donors (Lipinski definition) is 2. The first-order valence-corrected chi connectivity index (χ1v) is 10.8. The highest BCUT2D eigenvalue weighted by molar-refractivity contribution is 7.99. The molecule has 0 aliphatic heterocycles. The van der Waals surface area contributed by atoms with Crippen molar-refractivity contribution < 1.29 is 32.7 Å². The third kappa shape index (κ3) is 4.40. The quantitative estimate of drug-likeness (QED) is 0.241. The van der Waals surface area contributed by atoms with Crippen LogP contribution in [-0.2, 0) is 9.53 Å². The Hall–Kier alpha value is -4.05. The zero-order valence-electron chi connectivity index (χ0n) is 17.3. The lowest BCUT2D eigenvalue weighted by Gasteiger charge is -2.20. The zero-order chi connectivity index (χ0) is 24.4. The summed E-state index contributed by atoms with van der Waals surface area (Å²) in [5.41, 5.74) is 6.20. The number of nitrogens with one attached hydrogen (secondary N) is 1. The molecule has 0 radical (unpaired) electrons. The van der Waals surface area contributed by atoms with Crippen molar-refractivity contribution in [1.29, 1.82) is 0 Å². The molecule has 0 heterocycles. The molecule has 1 aliphatic carbocycles. The van der Waals surface area contributed by atoms with Crippen LogP contribution in [0.2, 0.25) is 0 Å². The smallest absolute Gasteiger partial charge is 0.340 e. The van der Waals surface area contributed by atoms with Gasteiger partial charge in [-0.2, -0.15) is 8.78 Å². The van der Waals surface area contributed by atoms with E-state index in [-0.39, 0.29) is 55.8 Å². The predicted molar refractivity (Wildman–Crippen MR) is 121 cm³/mol. The van der Waals surface area contributed by atoms with Crippen LogP contribution in [0.25, 0.3) is 0 Å². The lowest BCUT2D eigenvalue weighted by molar-refractivity contribution is -0.119. The van der Waals surface area contributed by atoms with E-state index in [1.165, 1.54) is 36.4 Å². The van der Waals surface area contributed by atoms with E-state index in [2.05, 4.69) is 5.32 Å². The van der Waals surface area contributed by atoms with E-state index in [0.717, 1.165) is 0 Å². The number of anilines is 2. The van der Waals surface area contributed by atoms with Crippen molar-refractivity contribution in [1.82, 2.24) is 0 Å². The normalized spacial score (nSPS) is 12.2. The maximum absolute atomic E-state index is 12.9. The van der Waals surface area contributed by atoms with E-state index >= 15 is 0 Å². The molecule has 3 N–H and O–H groups in total. The fraction of sp³-hybridized carbons (Fsp3) is 0.0833. The molecule has 0 saturated carbocycles. The minimum atomic E-state index is -2.68. The van der Waals surface area contributed by atoms with Crippen LogP contribution in [0.5, 0.6) is 0 Å². The zero-order valence-corrected chi connectivity index (χ0v) is 18.2. The van der Waals surface area contributed by atoms with Gasteiger partial charge in [0, 0.05) is 21.6 Å². The molecule has 172 valence electrons. The molecule has 7 nitrogen and oxygen atoms in total. The maximum atomic E-state index is 12.9. The molecule has 0 spiro atoms. The molecular weight excluding hydrogens is 466 g/mol. The number of nitrogens with two attached hydrogens (primary N) is 1. The SMILES string of the molecule is Nc1c(C(=O)OCC(=O)Nc2ccccc2SC(F)F)ccc2c1C(=O)c1ccccc1C2=O. The summed E-state index contributed by atoms with van der Waals surface area (Å²) >= 11 is 0.267. The van der Waals surface area contributed by atoms with Crippen molar-refractivity contribution in [3.8, 4) is 0 Å². The van der Waals surface area contributed by atoms with Crippen LogP contribution in [0.15, 0.2) is 65.6 Å². The van der Waals surface area contributed by atoms with Crippen molar-refractivity contribution in [2.45, 2.75) is 10.7 Å². The third-order valence-electron chi connectivity index (χ3n) is 5.06. The molecule has 10 heteroatoms. The Labute approximate surface area is 196 Å². The summed E-state index contributed by atoms with van der Waals surface area (Å²) in [5, 5.41) is 2.41. The van der Waals surface area contributed by atoms with Gasteiger partial charge in [0.15, 0.2) is 18.2 Å². The van der Waals surface area contributed by atoms with Crippen molar-refractivity contribution in [3.05, 3.63) is 88.5 Å². The van der Waals surface area contributed by atoms with Gasteiger partial charge in [0.2, 0.25) is 0 Å². The van der Waals surface area contributed by atoms with Gasteiger partial charge in [-0.05, 0) is 24.3 Å². The number of ether oxygens (including phenoxy) is 1. The average Bonchev–Trinajstić information content (AvgIpc) is 2.82. The second-order valence-corrected chi connectivity index (χ2v) is 8.18. The number of hydrogen-bond acceptors (Lipinski definition) is 7. The van der Waals surface area contributed by atoms with Crippen molar-refractivity contribution in [2.24, 2.45) is 0 Å². The highest BCUT2D eigenvalue weighted by Gasteiger charge is 2.33. The summed E-state index contributed by atoms with van der Waals surface area (Å²) < 4.78 is 30.4. The Morgan fingerprint density at radius 2 is 1.56 bits per heavy atom.